The molecule has 2 aromatic carbocycles. The summed E-state index contributed by atoms with van der Waals surface area (Å²) in [6.07, 6.45) is 16.8. The van der Waals surface area contributed by atoms with E-state index >= 15 is 0 Å². The monoisotopic (exact) mass is 578 g/mol. The maximum Gasteiger partial charge on any atom is 0.132 e. The highest BCUT2D eigenvalue weighted by molar-refractivity contribution is 5.47. The van der Waals surface area contributed by atoms with E-state index in [2.05, 4.69) is 90.3 Å². The van der Waals surface area contributed by atoms with E-state index in [-0.39, 0.29) is 24.8 Å². The van der Waals surface area contributed by atoms with Crippen LogP contribution in [-0.2, 0) is 6.42 Å². The van der Waals surface area contributed by atoms with Crippen LogP contribution in [0.15, 0.2) is 48.5 Å². The standard InChI is InChI=1S/C35H60N2.2ClH/c1-7-11-15-27-36(5,28-16-12-8-2)34-23-19-32(20-24-34)31-33-21-25-35(26-22-33)37(6,29-17-13-9-3)30-18-14-10-4;;/h19-26H,7-18,27-31H2,1-6H3;2*1H/q+2;;/p-2. The van der Waals surface area contributed by atoms with Gasteiger partial charge >= 0.3 is 0 Å². The van der Waals surface area contributed by atoms with Crippen molar-refractivity contribution in [2.45, 2.75) is 111 Å². The van der Waals surface area contributed by atoms with Gasteiger partial charge in [-0.05, 0) is 93.2 Å². The SMILES string of the molecule is CCCCC[N+](C)(CCCCC)c1ccc(Cc2ccc([N+](C)(CCCCC)CCCCC)cc2)cc1.[Cl-].[Cl-]. The molecule has 0 atom stereocenters. The first kappa shape index (κ1) is 37.9. The maximum absolute atomic E-state index is 2.45. The molecule has 39 heavy (non-hydrogen) atoms. The van der Waals surface area contributed by atoms with E-state index in [0.29, 0.717) is 0 Å². The molecule has 0 fully saturated rings. The van der Waals surface area contributed by atoms with Crippen molar-refractivity contribution in [3.8, 4) is 0 Å². The van der Waals surface area contributed by atoms with Crippen molar-refractivity contribution in [3.63, 3.8) is 0 Å². The predicted molar refractivity (Wildman–Crippen MR) is 169 cm³/mol. The minimum absolute atomic E-state index is 0. The van der Waals surface area contributed by atoms with E-state index < -0.39 is 0 Å². The van der Waals surface area contributed by atoms with Crippen LogP contribution in [0.4, 0.5) is 11.4 Å². The molecule has 0 aliphatic heterocycles. The number of benzene rings is 2. The van der Waals surface area contributed by atoms with Crippen molar-refractivity contribution in [2.24, 2.45) is 0 Å². The van der Waals surface area contributed by atoms with Gasteiger partial charge in [0.1, 0.15) is 11.4 Å². The molecule has 0 unspecified atom stereocenters. The van der Waals surface area contributed by atoms with Crippen LogP contribution in [0.5, 0.6) is 0 Å². The Labute approximate surface area is 255 Å². The lowest BCUT2D eigenvalue weighted by molar-refractivity contribution is -0.001000. The Balaban J connectivity index is 0.00000722. The van der Waals surface area contributed by atoms with Crippen molar-refractivity contribution >= 4 is 11.4 Å². The first-order valence-corrected chi connectivity index (χ1v) is 15.8. The molecule has 0 aromatic heterocycles. The number of hydrogen-bond acceptors (Lipinski definition) is 0. The molecule has 2 nitrogen and oxygen atoms in total. The predicted octanol–water partition coefficient (Wildman–Crippen LogP) is 3.92. The Morgan fingerprint density at radius 3 is 0.897 bits per heavy atom. The smallest absolute Gasteiger partial charge is 0.132 e. The average Bonchev–Trinajstić information content (AvgIpc) is 2.90. The summed E-state index contributed by atoms with van der Waals surface area (Å²) in [5, 5.41) is 0. The van der Waals surface area contributed by atoms with Gasteiger partial charge in [0.2, 0.25) is 0 Å². The Bertz CT molecular complexity index is 756. The molecule has 0 saturated heterocycles. The summed E-state index contributed by atoms with van der Waals surface area (Å²) in [5.41, 5.74) is 5.82. The molecule has 0 aliphatic rings. The van der Waals surface area contributed by atoms with Gasteiger partial charge in [0.15, 0.2) is 0 Å². The van der Waals surface area contributed by atoms with Gasteiger partial charge in [-0.1, -0.05) is 77.6 Å². The number of halogens is 2. The molecule has 0 radical (unpaired) electrons. The molecule has 4 heteroatoms. The van der Waals surface area contributed by atoms with Gasteiger partial charge in [-0.25, -0.2) is 0 Å². The fraction of sp³-hybridized carbons (Fsp3) is 0.657. The minimum atomic E-state index is 0. The lowest BCUT2D eigenvalue weighted by Gasteiger charge is -2.34. The van der Waals surface area contributed by atoms with Crippen LogP contribution in [0, 0.1) is 0 Å². The quantitative estimate of drug-likeness (QED) is 0.165. The number of unbranched alkanes of at least 4 members (excludes halogenated alkanes) is 8. The summed E-state index contributed by atoms with van der Waals surface area (Å²) >= 11 is 0. The lowest BCUT2D eigenvalue weighted by Crippen LogP contribution is -3.00. The highest BCUT2D eigenvalue weighted by Crippen LogP contribution is 2.27. The fourth-order valence-electron chi connectivity index (χ4n) is 5.77. The molecule has 2 aromatic rings. The molecule has 0 N–H and O–H groups in total. The Morgan fingerprint density at radius 1 is 0.410 bits per heavy atom. The van der Waals surface area contributed by atoms with Crippen molar-refractivity contribution in [2.75, 3.05) is 40.3 Å². The van der Waals surface area contributed by atoms with E-state index in [9.17, 15) is 0 Å². The average molecular weight is 580 g/mol. The molecule has 224 valence electrons. The van der Waals surface area contributed by atoms with E-state index in [0.717, 1.165) is 15.4 Å². The zero-order chi connectivity index (χ0) is 27.0. The first-order chi connectivity index (χ1) is 17.9. The van der Waals surface area contributed by atoms with Gasteiger partial charge in [0, 0.05) is 0 Å². The van der Waals surface area contributed by atoms with E-state index in [1.165, 1.54) is 126 Å². The highest BCUT2D eigenvalue weighted by Gasteiger charge is 2.25. The second kappa shape index (κ2) is 20.8. The number of quaternary nitrogens is 2. The molecule has 0 bridgehead atoms. The van der Waals surface area contributed by atoms with Crippen LogP contribution in [0.25, 0.3) is 0 Å². The lowest BCUT2D eigenvalue weighted by atomic mass is 10.0. The minimum Gasteiger partial charge on any atom is -1.00 e. The topological polar surface area (TPSA) is 0 Å². The highest BCUT2D eigenvalue weighted by atomic mass is 35.5. The van der Waals surface area contributed by atoms with Gasteiger partial charge < -0.3 is 24.8 Å². The number of rotatable bonds is 20. The van der Waals surface area contributed by atoms with Crippen LogP contribution in [0.2, 0.25) is 0 Å². The Morgan fingerprint density at radius 2 is 0.667 bits per heavy atom. The third-order valence-electron chi connectivity index (χ3n) is 8.55. The summed E-state index contributed by atoms with van der Waals surface area (Å²) in [5.74, 6) is 0. The summed E-state index contributed by atoms with van der Waals surface area (Å²) < 4.78 is 2.17. The van der Waals surface area contributed by atoms with Crippen LogP contribution in [0.3, 0.4) is 0 Å². The third kappa shape index (κ3) is 13.0. The largest absolute Gasteiger partial charge is 1.00 e. The second-order valence-corrected chi connectivity index (χ2v) is 12.0. The van der Waals surface area contributed by atoms with Gasteiger partial charge in [-0.2, -0.15) is 0 Å². The van der Waals surface area contributed by atoms with Gasteiger partial charge in [-0.15, -0.1) is 0 Å². The van der Waals surface area contributed by atoms with Gasteiger partial charge in [-0.3, -0.25) is 8.97 Å². The third-order valence-corrected chi connectivity index (χ3v) is 8.55. The summed E-state index contributed by atoms with van der Waals surface area (Å²) in [6.45, 7) is 14.3. The molecule has 2 rings (SSSR count). The zero-order valence-corrected chi connectivity index (χ0v) is 27.8. The molecule has 0 amide bonds. The zero-order valence-electron chi connectivity index (χ0n) is 26.3. The van der Waals surface area contributed by atoms with Crippen LogP contribution in [0.1, 0.15) is 116 Å². The maximum atomic E-state index is 2.45. The van der Waals surface area contributed by atoms with Gasteiger partial charge in [0.05, 0.1) is 40.3 Å². The summed E-state index contributed by atoms with van der Waals surface area (Å²) in [4.78, 5) is 0. The van der Waals surface area contributed by atoms with E-state index in [1.54, 1.807) is 0 Å². The Kier molecular flexibility index (Phi) is 20.2. The van der Waals surface area contributed by atoms with Crippen LogP contribution >= 0.6 is 0 Å². The van der Waals surface area contributed by atoms with E-state index in [1.807, 2.05) is 0 Å². The summed E-state index contributed by atoms with van der Waals surface area (Å²) in [7, 11) is 4.91. The van der Waals surface area contributed by atoms with Crippen LogP contribution in [-0.4, -0.2) is 40.3 Å². The van der Waals surface area contributed by atoms with Crippen molar-refractivity contribution in [1.29, 1.82) is 0 Å². The molecular formula is C35H60Cl2N2. The normalized spacial score (nSPS) is 11.6. The Hall–Kier alpha value is -1.06. The van der Waals surface area contributed by atoms with Crippen molar-refractivity contribution < 1.29 is 24.8 Å². The van der Waals surface area contributed by atoms with Crippen molar-refractivity contribution in [1.82, 2.24) is 8.97 Å². The fourth-order valence-corrected chi connectivity index (χ4v) is 5.77. The molecule has 0 heterocycles. The molecule has 0 saturated carbocycles. The van der Waals surface area contributed by atoms with E-state index in [4.69, 9.17) is 0 Å². The molecule has 0 aliphatic carbocycles. The number of hydrogen-bond donors (Lipinski definition) is 0. The molecular weight excluding hydrogens is 519 g/mol. The van der Waals surface area contributed by atoms with Crippen LogP contribution < -0.4 is 33.8 Å². The molecule has 0 spiro atoms. The summed E-state index contributed by atoms with van der Waals surface area (Å²) in [6, 6.07) is 19.2. The number of nitrogens with zero attached hydrogens (tertiary/aromatic N) is 2. The van der Waals surface area contributed by atoms with Gasteiger partial charge in [0.25, 0.3) is 0 Å². The van der Waals surface area contributed by atoms with Crippen molar-refractivity contribution in [3.05, 3.63) is 59.7 Å². The first-order valence-electron chi connectivity index (χ1n) is 15.8. The second-order valence-electron chi connectivity index (χ2n) is 12.0.